The minimum Gasteiger partial charge on any atom is -0.493 e. The van der Waals surface area contributed by atoms with Crippen LogP contribution in [0.25, 0.3) is 0 Å². The molecule has 21 heavy (non-hydrogen) atoms. The second-order valence-corrected chi connectivity index (χ2v) is 5.31. The van der Waals surface area contributed by atoms with E-state index in [9.17, 15) is 0 Å². The van der Waals surface area contributed by atoms with Gasteiger partial charge in [-0.05, 0) is 30.5 Å². The van der Waals surface area contributed by atoms with Gasteiger partial charge in [-0.2, -0.15) is 0 Å². The Balaban J connectivity index is 1.98. The molecule has 6 heteroatoms. The summed E-state index contributed by atoms with van der Waals surface area (Å²) in [5.41, 5.74) is 7.12. The van der Waals surface area contributed by atoms with Crippen LogP contribution in [0.4, 0.5) is 0 Å². The van der Waals surface area contributed by atoms with E-state index < -0.39 is 0 Å². The summed E-state index contributed by atoms with van der Waals surface area (Å²) in [4.78, 5) is 6.61. The van der Waals surface area contributed by atoms with Gasteiger partial charge in [0, 0.05) is 6.04 Å². The maximum Gasteiger partial charge on any atom is 0.203 e. The molecular weight excluding hydrogens is 270 g/mol. The molecule has 0 saturated heterocycles. The van der Waals surface area contributed by atoms with Crippen LogP contribution < -0.4 is 19.9 Å². The zero-order valence-corrected chi connectivity index (χ0v) is 12.6. The van der Waals surface area contributed by atoms with Crippen LogP contribution in [0.15, 0.2) is 17.1 Å². The van der Waals surface area contributed by atoms with Gasteiger partial charge in [-0.15, -0.1) is 0 Å². The second kappa shape index (κ2) is 5.35. The Morgan fingerprint density at radius 3 is 2.19 bits per heavy atom. The fourth-order valence-corrected chi connectivity index (χ4v) is 2.86. The van der Waals surface area contributed by atoms with E-state index in [1.165, 1.54) is 12.8 Å². The van der Waals surface area contributed by atoms with Crippen molar-refractivity contribution in [1.82, 2.24) is 4.90 Å². The lowest BCUT2D eigenvalue weighted by Gasteiger charge is -2.27. The number of nitrogens with zero attached hydrogens (tertiary/aromatic N) is 2. The third-order valence-electron chi connectivity index (χ3n) is 4.04. The molecule has 0 radical (unpaired) electrons. The van der Waals surface area contributed by atoms with Crippen molar-refractivity contribution in [3.8, 4) is 17.2 Å². The standard InChI is InChI=1S/C15H21N3O3/c1-19-12-6-9(7-13(20-2)14(12)21-3)11-8-17-15(16)18(11)10-4-5-10/h6-7,10-11H,4-5,8H2,1-3H3,(H2,16,17). The summed E-state index contributed by atoms with van der Waals surface area (Å²) >= 11 is 0. The van der Waals surface area contributed by atoms with Crippen molar-refractivity contribution in [3.63, 3.8) is 0 Å². The van der Waals surface area contributed by atoms with Gasteiger partial charge in [0.15, 0.2) is 17.5 Å². The molecular formula is C15H21N3O3. The predicted octanol–water partition coefficient (Wildman–Crippen LogP) is 1.55. The molecule has 1 heterocycles. The first kappa shape index (κ1) is 13.9. The van der Waals surface area contributed by atoms with Gasteiger partial charge >= 0.3 is 0 Å². The highest BCUT2D eigenvalue weighted by molar-refractivity contribution is 5.81. The van der Waals surface area contributed by atoms with Crippen LogP contribution in [0.1, 0.15) is 24.4 Å². The third kappa shape index (κ3) is 2.34. The van der Waals surface area contributed by atoms with E-state index in [-0.39, 0.29) is 6.04 Å². The zero-order chi connectivity index (χ0) is 15.0. The zero-order valence-electron chi connectivity index (χ0n) is 12.6. The highest BCUT2D eigenvalue weighted by Gasteiger charge is 2.39. The van der Waals surface area contributed by atoms with Crippen molar-refractivity contribution < 1.29 is 14.2 Å². The second-order valence-electron chi connectivity index (χ2n) is 5.31. The molecule has 0 bridgehead atoms. The van der Waals surface area contributed by atoms with Crippen LogP contribution in [0, 0.1) is 0 Å². The smallest absolute Gasteiger partial charge is 0.203 e. The van der Waals surface area contributed by atoms with Crippen molar-refractivity contribution >= 4 is 5.96 Å². The molecule has 1 aliphatic carbocycles. The van der Waals surface area contributed by atoms with Crippen molar-refractivity contribution in [2.24, 2.45) is 10.7 Å². The number of guanidine groups is 1. The number of hydrogen-bond acceptors (Lipinski definition) is 6. The third-order valence-corrected chi connectivity index (χ3v) is 4.04. The van der Waals surface area contributed by atoms with E-state index in [0.717, 1.165) is 5.56 Å². The molecule has 1 aliphatic heterocycles. The van der Waals surface area contributed by atoms with E-state index in [0.29, 0.717) is 35.8 Å². The van der Waals surface area contributed by atoms with Gasteiger partial charge in [0.25, 0.3) is 0 Å². The fraction of sp³-hybridized carbons (Fsp3) is 0.533. The monoisotopic (exact) mass is 291 g/mol. The summed E-state index contributed by atoms with van der Waals surface area (Å²) in [7, 11) is 4.85. The van der Waals surface area contributed by atoms with Crippen molar-refractivity contribution in [3.05, 3.63) is 17.7 Å². The molecule has 2 N–H and O–H groups in total. The number of nitrogens with two attached hydrogens (primary N) is 1. The van der Waals surface area contributed by atoms with E-state index in [1.54, 1.807) is 21.3 Å². The minimum atomic E-state index is 0.145. The highest BCUT2D eigenvalue weighted by Crippen LogP contribution is 2.43. The molecule has 0 amide bonds. The first-order valence-corrected chi connectivity index (χ1v) is 7.07. The van der Waals surface area contributed by atoms with Gasteiger partial charge in [0.2, 0.25) is 5.75 Å². The summed E-state index contributed by atoms with van der Waals surface area (Å²) in [6.45, 7) is 0.668. The highest BCUT2D eigenvalue weighted by atomic mass is 16.5. The average Bonchev–Trinajstić information content (AvgIpc) is 3.27. The molecule has 114 valence electrons. The van der Waals surface area contributed by atoms with Crippen LogP contribution in [-0.4, -0.2) is 44.8 Å². The molecule has 1 aromatic rings. The van der Waals surface area contributed by atoms with Gasteiger partial charge in [0.1, 0.15) is 0 Å². The van der Waals surface area contributed by atoms with E-state index in [1.807, 2.05) is 12.1 Å². The lowest BCUT2D eigenvalue weighted by Crippen LogP contribution is -2.37. The molecule has 0 aromatic heterocycles. The fourth-order valence-electron chi connectivity index (χ4n) is 2.86. The van der Waals surface area contributed by atoms with Crippen LogP contribution in [-0.2, 0) is 0 Å². The summed E-state index contributed by atoms with van der Waals surface area (Å²) in [6, 6.07) is 4.62. The summed E-state index contributed by atoms with van der Waals surface area (Å²) in [6.07, 6.45) is 2.36. The quantitative estimate of drug-likeness (QED) is 0.891. The number of methoxy groups -OCH3 is 3. The molecule has 1 saturated carbocycles. The largest absolute Gasteiger partial charge is 0.493 e. The number of aliphatic imine (C=N–C) groups is 1. The van der Waals surface area contributed by atoms with E-state index in [2.05, 4.69) is 9.89 Å². The number of ether oxygens (including phenoxy) is 3. The summed E-state index contributed by atoms with van der Waals surface area (Å²) in [5.74, 6) is 2.56. The number of hydrogen-bond donors (Lipinski definition) is 1. The van der Waals surface area contributed by atoms with Gasteiger partial charge < -0.3 is 24.8 Å². The molecule has 6 nitrogen and oxygen atoms in total. The number of benzene rings is 1. The lowest BCUT2D eigenvalue weighted by molar-refractivity contribution is 0.314. The maximum atomic E-state index is 6.03. The van der Waals surface area contributed by atoms with Crippen molar-refractivity contribution in [1.29, 1.82) is 0 Å². The van der Waals surface area contributed by atoms with Gasteiger partial charge in [-0.1, -0.05) is 0 Å². The molecule has 1 aromatic carbocycles. The summed E-state index contributed by atoms with van der Waals surface area (Å²) in [5, 5.41) is 0. The minimum absolute atomic E-state index is 0.145. The molecule has 1 fully saturated rings. The topological polar surface area (TPSA) is 69.3 Å². The van der Waals surface area contributed by atoms with Crippen LogP contribution >= 0.6 is 0 Å². The SMILES string of the molecule is COc1cc(C2CN=C(N)N2C2CC2)cc(OC)c1OC. The first-order chi connectivity index (χ1) is 10.2. The predicted molar refractivity (Wildman–Crippen MR) is 80.2 cm³/mol. The molecule has 1 unspecified atom stereocenters. The van der Waals surface area contributed by atoms with Crippen LogP contribution in [0.3, 0.4) is 0 Å². The Bertz CT molecular complexity index is 544. The molecule has 1 atom stereocenters. The van der Waals surface area contributed by atoms with Gasteiger partial charge in [-0.25, -0.2) is 0 Å². The Morgan fingerprint density at radius 2 is 1.71 bits per heavy atom. The average molecular weight is 291 g/mol. The molecule has 3 rings (SSSR count). The van der Waals surface area contributed by atoms with Gasteiger partial charge in [0.05, 0.1) is 33.9 Å². The van der Waals surface area contributed by atoms with E-state index in [4.69, 9.17) is 19.9 Å². The molecule has 0 spiro atoms. The normalized spacial score (nSPS) is 21.2. The maximum absolute atomic E-state index is 6.03. The van der Waals surface area contributed by atoms with Gasteiger partial charge in [-0.3, -0.25) is 4.99 Å². The first-order valence-electron chi connectivity index (χ1n) is 7.07. The van der Waals surface area contributed by atoms with Crippen LogP contribution in [0.2, 0.25) is 0 Å². The Kier molecular flexibility index (Phi) is 3.53. The Morgan fingerprint density at radius 1 is 1.10 bits per heavy atom. The molecule has 2 aliphatic rings. The van der Waals surface area contributed by atoms with Crippen molar-refractivity contribution in [2.45, 2.75) is 24.9 Å². The summed E-state index contributed by atoms with van der Waals surface area (Å²) < 4.78 is 16.2. The number of rotatable bonds is 5. The Labute approximate surface area is 124 Å². The van der Waals surface area contributed by atoms with E-state index >= 15 is 0 Å². The Hall–Kier alpha value is -2.11. The van der Waals surface area contributed by atoms with Crippen LogP contribution in [0.5, 0.6) is 17.2 Å². The lowest BCUT2D eigenvalue weighted by atomic mass is 10.0. The van der Waals surface area contributed by atoms with Crippen molar-refractivity contribution in [2.75, 3.05) is 27.9 Å².